The maximum absolute atomic E-state index is 10.5. The van der Waals surface area contributed by atoms with Gasteiger partial charge in [0.2, 0.25) is 5.89 Å². The Kier molecular flexibility index (Phi) is 4.23. The maximum Gasteiger partial charge on any atom is 0.307 e. The molecule has 1 unspecified atom stereocenters. The number of carbonyl (C=O) groups is 1. The number of carboxylic acid groups (broad SMARTS) is 1. The normalized spacial score (nSPS) is 12.7. The third-order valence-electron chi connectivity index (χ3n) is 1.96. The fourth-order valence-electron chi connectivity index (χ4n) is 1.04. The van der Waals surface area contributed by atoms with Crippen LogP contribution >= 0.6 is 0 Å². The summed E-state index contributed by atoms with van der Waals surface area (Å²) in [7, 11) is 0. The summed E-state index contributed by atoms with van der Waals surface area (Å²) in [5, 5.41) is 15.3. The van der Waals surface area contributed by atoms with Crippen molar-refractivity contribution in [2.45, 2.75) is 20.3 Å². The van der Waals surface area contributed by atoms with Gasteiger partial charge in [0.05, 0.1) is 5.92 Å². The van der Waals surface area contributed by atoms with Gasteiger partial charge in [-0.1, -0.05) is 12.1 Å². The molecule has 1 rings (SSSR count). The molecule has 6 nitrogen and oxygen atoms in total. The van der Waals surface area contributed by atoms with Gasteiger partial charge in [-0.2, -0.15) is 4.98 Å². The van der Waals surface area contributed by atoms with E-state index in [-0.39, 0.29) is 5.92 Å². The molecule has 1 atom stereocenters. The maximum atomic E-state index is 10.5. The highest BCUT2D eigenvalue weighted by Crippen LogP contribution is 1.96. The number of aryl methyl sites for hydroxylation is 1. The number of hydrogen-bond acceptors (Lipinski definition) is 5. The summed E-state index contributed by atoms with van der Waals surface area (Å²) in [5.41, 5.74) is 0. The summed E-state index contributed by atoms with van der Waals surface area (Å²) in [6.07, 6.45) is 0.618. The van der Waals surface area contributed by atoms with E-state index in [1.54, 1.807) is 13.8 Å². The van der Waals surface area contributed by atoms with E-state index in [1.165, 1.54) is 0 Å². The van der Waals surface area contributed by atoms with Crippen molar-refractivity contribution in [3.63, 3.8) is 0 Å². The molecule has 84 valence electrons. The predicted molar refractivity (Wildman–Crippen MR) is 52.4 cm³/mol. The van der Waals surface area contributed by atoms with Gasteiger partial charge in [0.1, 0.15) is 0 Å². The molecule has 0 aliphatic carbocycles. The van der Waals surface area contributed by atoms with Crippen molar-refractivity contribution in [1.29, 1.82) is 0 Å². The highest BCUT2D eigenvalue weighted by molar-refractivity contribution is 5.69. The number of rotatable bonds is 6. The van der Waals surface area contributed by atoms with Crippen LogP contribution in [0.15, 0.2) is 4.52 Å². The van der Waals surface area contributed by atoms with Crippen molar-refractivity contribution in [3.8, 4) is 0 Å². The molecule has 0 aliphatic heterocycles. The molecule has 0 saturated heterocycles. The summed E-state index contributed by atoms with van der Waals surface area (Å²) in [6.45, 7) is 4.50. The lowest BCUT2D eigenvalue weighted by Gasteiger charge is -2.06. The lowest BCUT2D eigenvalue weighted by Crippen LogP contribution is -2.27. The number of aliphatic carboxylic acids is 1. The topological polar surface area (TPSA) is 88.2 Å². The second-order valence-electron chi connectivity index (χ2n) is 3.43. The van der Waals surface area contributed by atoms with E-state index in [2.05, 4.69) is 15.5 Å². The summed E-state index contributed by atoms with van der Waals surface area (Å²) < 4.78 is 4.90. The van der Waals surface area contributed by atoms with Gasteiger partial charge in [0, 0.05) is 19.5 Å². The largest absolute Gasteiger partial charge is 0.481 e. The fraction of sp³-hybridized carbons (Fsp3) is 0.667. The molecular formula is C9H15N3O3. The monoisotopic (exact) mass is 213 g/mol. The third kappa shape index (κ3) is 4.07. The first-order chi connectivity index (χ1) is 7.09. The zero-order valence-electron chi connectivity index (χ0n) is 8.86. The first kappa shape index (κ1) is 11.6. The van der Waals surface area contributed by atoms with Crippen molar-refractivity contribution in [1.82, 2.24) is 15.5 Å². The van der Waals surface area contributed by atoms with Gasteiger partial charge in [0.15, 0.2) is 5.82 Å². The van der Waals surface area contributed by atoms with Gasteiger partial charge in [0.25, 0.3) is 0 Å². The zero-order chi connectivity index (χ0) is 11.3. The third-order valence-corrected chi connectivity index (χ3v) is 1.96. The smallest absolute Gasteiger partial charge is 0.307 e. The number of nitrogens with one attached hydrogen (secondary N) is 1. The van der Waals surface area contributed by atoms with E-state index >= 15 is 0 Å². The molecular weight excluding hydrogens is 198 g/mol. The molecule has 0 fully saturated rings. The van der Waals surface area contributed by atoms with Crippen molar-refractivity contribution in [2.75, 3.05) is 13.1 Å². The second kappa shape index (κ2) is 5.45. The molecule has 0 aliphatic rings. The lowest BCUT2D eigenvalue weighted by atomic mass is 10.2. The number of aromatic nitrogens is 2. The predicted octanol–water partition coefficient (Wildman–Crippen LogP) is 0.231. The Hall–Kier alpha value is -1.43. The first-order valence-electron chi connectivity index (χ1n) is 4.82. The van der Waals surface area contributed by atoms with Crippen LogP contribution < -0.4 is 5.32 Å². The summed E-state index contributed by atoms with van der Waals surface area (Å²) >= 11 is 0. The van der Waals surface area contributed by atoms with E-state index in [0.29, 0.717) is 31.2 Å². The molecule has 0 aromatic carbocycles. The molecule has 0 saturated carbocycles. The van der Waals surface area contributed by atoms with Crippen LogP contribution in [0, 0.1) is 12.8 Å². The SMILES string of the molecule is Cc1noc(CCNCC(C)C(=O)O)n1. The first-order valence-corrected chi connectivity index (χ1v) is 4.82. The molecule has 15 heavy (non-hydrogen) atoms. The van der Waals surface area contributed by atoms with Crippen molar-refractivity contribution in [3.05, 3.63) is 11.7 Å². The van der Waals surface area contributed by atoms with E-state index < -0.39 is 5.97 Å². The van der Waals surface area contributed by atoms with E-state index in [0.717, 1.165) is 0 Å². The van der Waals surface area contributed by atoms with Crippen molar-refractivity contribution in [2.24, 2.45) is 5.92 Å². The zero-order valence-corrected chi connectivity index (χ0v) is 8.86. The van der Waals surface area contributed by atoms with Crippen LogP contribution in [0.25, 0.3) is 0 Å². The molecule has 0 spiro atoms. The van der Waals surface area contributed by atoms with Gasteiger partial charge >= 0.3 is 5.97 Å². The van der Waals surface area contributed by atoms with E-state index in [9.17, 15) is 4.79 Å². The molecule has 1 aromatic rings. The highest BCUT2D eigenvalue weighted by atomic mass is 16.5. The Morgan fingerprint density at radius 3 is 2.93 bits per heavy atom. The minimum Gasteiger partial charge on any atom is -0.481 e. The van der Waals surface area contributed by atoms with Crippen LogP contribution in [-0.2, 0) is 11.2 Å². The lowest BCUT2D eigenvalue weighted by molar-refractivity contribution is -0.140. The average Bonchev–Trinajstić information content (AvgIpc) is 2.58. The van der Waals surface area contributed by atoms with Gasteiger partial charge in [-0.25, -0.2) is 0 Å². The minimum atomic E-state index is -0.795. The van der Waals surface area contributed by atoms with Crippen LogP contribution in [0.1, 0.15) is 18.6 Å². The van der Waals surface area contributed by atoms with Crippen LogP contribution in [0.2, 0.25) is 0 Å². The summed E-state index contributed by atoms with van der Waals surface area (Å²) in [6, 6.07) is 0. The molecule has 0 amide bonds. The van der Waals surface area contributed by atoms with E-state index in [1.807, 2.05) is 0 Å². The fourth-order valence-corrected chi connectivity index (χ4v) is 1.04. The number of carboxylic acids is 1. The van der Waals surface area contributed by atoms with Crippen LogP contribution in [-0.4, -0.2) is 34.3 Å². The number of nitrogens with zero attached hydrogens (tertiary/aromatic N) is 2. The quantitative estimate of drug-likeness (QED) is 0.658. The van der Waals surface area contributed by atoms with Gasteiger partial charge in [-0.15, -0.1) is 0 Å². The Labute approximate surface area is 87.7 Å². The van der Waals surface area contributed by atoms with Crippen LogP contribution in [0.4, 0.5) is 0 Å². The van der Waals surface area contributed by atoms with Crippen molar-refractivity contribution < 1.29 is 14.4 Å². The summed E-state index contributed by atoms with van der Waals surface area (Å²) in [4.78, 5) is 14.5. The van der Waals surface area contributed by atoms with Gasteiger partial charge in [-0.3, -0.25) is 4.79 Å². The second-order valence-corrected chi connectivity index (χ2v) is 3.43. The Bertz CT molecular complexity index is 324. The highest BCUT2D eigenvalue weighted by Gasteiger charge is 2.09. The van der Waals surface area contributed by atoms with Crippen LogP contribution in [0.3, 0.4) is 0 Å². The standard InChI is InChI=1S/C9H15N3O3/c1-6(9(13)14)5-10-4-3-8-11-7(2)12-15-8/h6,10H,3-5H2,1-2H3,(H,13,14). The molecule has 0 radical (unpaired) electrons. The molecule has 6 heteroatoms. The van der Waals surface area contributed by atoms with Crippen molar-refractivity contribution >= 4 is 5.97 Å². The van der Waals surface area contributed by atoms with E-state index in [4.69, 9.17) is 9.63 Å². The minimum absolute atomic E-state index is 0.380. The molecule has 1 heterocycles. The van der Waals surface area contributed by atoms with Gasteiger partial charge < -0.3 is 14.9 Å². The summed E-state index contributed by atoms with van der Waals surface area (Å²) in [5.74, 6) is 0.0115. The Morgan fingerprint density at radius 1 is 1.67 bits per heavy atom. The van der Waals surface area contributed by atoms with Crippen LogP contribution in [0.5, 0.6) is 0 Å². The Morgan fingerprint density at radius 2 is 2.40 bits per heavy atom. The average molecular weight is 213 g/mol. The molecule has 0 bridgehead atoms. The molecule has 2 N–H and O–H groups in total. The Balaban J connectivity index is 2.14. The van der Waals surface area contributed by atoms with Gasteiger partial charge in [-0.05, 0) is 6.92 Å². The molecule has 1 aromatic heterocycles. The number of hydrogen-bond donors (Lipinski definition) is 2.